The smallest absolute Gasteiger partial charge is 0.164 e. The molecule has 4 aromatic rings. The maximum Gasteiger partial charge on any atom is 0.164 e. The Morgan fingerprint density at radius 2 is 2.00 bits per heavy atom. The van der Waals surface area contributed by atoms with Gasteiger partial charge in [0.15, 0.2) is 11.5 Å². The first-order valence-electron chi connectivity index (χ1n) is 9.52. The molecule has 0 aliphatic rings. The van der Waals surface area contributed by atoms with Crippen molar-refractivity contribution in [2.75, 3.05) is 19.4 Å². The largest absolute Gasteiger partial charge is 0.381 e. The van der Waals surface area contributed by atoms with Crippen molar-refractivity contribution in [3.05, 3.63) is 48.2 Å². The van der Waals surface area contributed by atoms with Crippen molar-refractivity contribution in [2.45, 2.75) is 26.4 Å². The first kappa shape index (κ1) is 19.5. The molecule has 0 aliphatic carbocycles. The van der Waals surface area contributed by atoms with Gasteiger partial charge < -0.3 is 10.2 Å². The van der Waals surface area contributed by atoms with E-state index in [1.165, 1.54) is 6.20 Å². The third-order valence-corrected chi connectivity index (χ3v) is 4.33. The zero-order chi connectivity index (χ0) is 21.3. The zero-order valence-corrected chi connectivity index (χ0v) is 17.3. The van der Waals surface area contributed by atoms with E-state index < -0.39 is 0 Å². The van der Waals surface area contributed by atoms with Crippen molar-refractivity contribution in [2.24, 2.45) is 0 Å². The number of rotatable bonds is 6. The highest BCUT2D eigenvalue weighted by Gasteiger charge is 2.14. The van der Waals surface area contributed by atoms with Crippen LogP contribution in [0.3, 0.4) is 0 Å². The van der Waals surface area contributed by atoms with Crippen LogP contribution in [0.1, 0.15) is 25.1 Å². The van der Waals surface area contributed by atoms with E-state index in [4.69, 9.17) is 5.26 Å². The molecule has 0 aliphatic heterocycles. The summed E-state index contributed by atoms with van der Waals surface area (Å²) in [4.78, 5) is 11.0. The predicted octanol–water partition coefficient (Wildman–Crippen LogP) is 2.15. The predicted molar refractivity (Wildman–Crippen MR) is 112 cm³/mol. The highest BCUT2D eigenvalue weighted by Crippen LogP contribution is 2.24. The molecule has 0 aromatic carbocycles. The second kappa shape index (κ2) is 7.88. The van der Waals surface area contributed by atoms with Gasteiger partial charge in [-0.25, -0.2) is 14.6 Å². The summed E-state index contributed by atoms with van der Waals surface area (Å²) < 4.78 is 3.38. The Balaban J connectivity index is 1.77. The molecular weight excluding hydrogens is 380 g/mol. The lowest BCUT2D eigenvalue weighted by atomic mass is 10.2. The van der Waals surface area contributed by atoms with Crippen molar-refractivity contribution in [1.82, 2.24) is 39.6 Å². The van der Waals surface area contributed by atoms with Gasteiger partial charge in [-0.15, -0.1) is 5.10 Å². The summed E-state index contributed by atoms with van der Waals surface area (Å²) >= 11 is 0. The van der Waals surface area contributed by atoms with E-state index in [2.05, 4.69) is 50.6 Å². The van der Waals surface area contributed by atoms with Gasteiger partial charge in [0.05, 0.1) is 35.5 Å². The van der Waals surface area contributed by atoms with Crippen LogP contribution in [-0.4, -0.2) is 59.8 Å². The van der Waals surface area contributed by atoms with Crippen LogP contribution in [0, 0.1) is 11.3 Å². The van der Waals surface area contributed by atoms with Gasteiger partial charge in [-0.2, -0.15) is 15.0 Å². The fraction of sp³-hybridized carbons (Fsp3) is 0.300. The maximum atomic E-state index is 9.08. The molecule has 0 amide bonds. The molecule has 0 unspecified atom stereocenters. The normalized spacial score (nSPS) is 11.4. The molecule has 0 radical (unpaired) electrons. The van der Waals surface area contributed by atoms with Crippen LogP contribution in [-0.2, 0) is 6.54 Å². The Kier molecular flexibility index (Phi) is 5.12. The van der Waals surface area contributed by atoms with Crippen LogP contribution >= 0.6 is 0 Å². The molecule has 4 rings (SSSR count). The lowest BCUT2D eigenvalue weighted by Crippen LogP contribution is -2.14. The number of hydrogen-bond donors (Lipinski definition) is 1. The number of hydrogen-bond acceptors (Lipinski definition) is 8. The Labute approximate surface area is 173 Å². The van der Waals surface area contributed by atoms with Crippen molar-refractivity contribution >= 4 is 16.7 Å². The minimum atomic E-state index is 0.203. The number of anilines is 1. The average molecular weight is 402 g/mol. The fourth-order valence-corrected chi connectivity index (χ4v) is 3.12. The van der Waals surface area contributed by atoms with Gasteiger partial charge >= 0.3 is 0 Å². The van der Waals surface area contributed by atoms with Gasteiger partial charge in [-0.05, 0) is 34.0 Å². The summed E-state index contributed by atoms with van der Waals surface area (Å²) in [7, 11) is 3.98. The monoisotopic (exact) mass is 402 g/mol. The van der Waals surface area contributed by atoms with Crippen LogP contribution in [0.4, 0.5) is 5.69 Å². The second-order valence-corrected chi connectivity index (χ2v) is 7.56. The Bertz CT molecular complexity index is 1230. The molecular formula is C20H22N10. The molecule has 30 heavy (non-hydrogen) atoms. The zero-order valence-electron chi connectivity index (χ0n) is 17.3. The van der Waals surface area contributed by atoms with E-state index in [1.54, 1.807) is 27.8 Å². The fourth-order valence-electron chi connectivity index (χ4n) is 3.12. The summed E-state index contributed by atoms with van der Waals surface area (Å²) in [6.45, 7) is 4.84. The number of nitriles is 1. The van der Waals surface area contributed by atoms with E-state index in [0.29, 0.717) is 23.6 Å². The highest BCUT2D eigenvalue weighted by atomic mass is 15.4. The molecule has 10 heteroatoms. The molecule has 0 saturated heterocycles. The quantitative estimate of drug-likeness (QED) is 0.522. The molecule has 4 aromatic heterocycles. The molecule has 0 atom stereocenters. The summed E-state index contributed by atoms with van der Waals surface area (Å²) in [5.74, 6) is 0.614. The summed E-state index contributed by atoms with van der Waals surface area (Å²) in [6.07, 6.45) is 6.85. The van der Waals surface area contributed by atoms with Gasteiger partial charge in [-0.1, -0.05) is 5.21 Å². The number of aromatic nitrogens is 7. The Morgan fingerprint density at radius 1 is 1.17 bits per heavy atom. The van der Waals surface area contributed by atoms with Crippen molar-refractivity contribution in [3.63, 3.8) is 0 Å². The van der Waals surface area contributed by atoms with E-state index in [9.17, 15) is 0 Å². The van der Waals surface area contributed by atoms with Crippen LogP contribution in [0.15, 0.2) is 36.9 Å². The van der Waals surface area contributed by atoms with Crippen LogP contribution in [0.2, 0.25) is 0 Å². The average Bonchev–Trinajstić information content (AvgIpc) is 3.33. The van der Waals surface area contributed by atoms with Crippen LogP contribution in [0.25, 0.3) is 22.5 Å². The van der Waals surface area contributed by atoms with E-state index >= 15 is 0 Å². The standard InChI is InChI=1S/C20H22N10/c1-13(2)25-17-6-19(30-20-15(9-24-30)5-14(7-21)8-23-20)22-10-18(17)29-12-16(26-27-29)11-28(3)4/h5-6,8-10,12-13H,11H2,1-4H3,(H,22,25). The molecule has 152 valence electrons. The lowest BCUT2D eigenvalue weighted by Gasteiger charge is -2.15. The first-order chi connectivity index (χ1) is 14.4. The molecule has 0 fully saturated rings. The molecule has 0 spiro atoms. The van der Waals surface area contributed by atoms with Gasteiger partial charge in [0.1, 0.15) is 11.8 Å². The van der Waals surface area contributed by atoms with Gasteiger partial charge in [-0.3, -0.25) is 0 Å². The summed E-state index contributed by atoms with van der Waals surface area (Å²) in [5, 5.41) is 26.2. The lowest BCUT2D eigenvalue weighted by molar-refractivity contribution is 0.396. The van der Waals surface area contributed by atoms with Crippen molar-refractivity contribution in [1.29, 1.82) is 5.26 Å². The number of nitrogens with one attached hydrogen (secondary N) is 1. The number of fused-ring (bicyclic) bond motifs is 1. The topological polar surface area (TPSA) is 113 Å². The summed E-state index contributed by atoms with van der Waals surface area (Å²) in [6, 6.07) is 5.97. The molecule has 0 bridgehead atoms. The third kappa shape index (κ3) is 3.83. The third-order valence-electron chi connectivity index (χ3n) is 4.33. The van der Waals surface area contributed by atoms with E-state index in [0.717, 1.165) is 22.5 Å². The summed E-state index contributed by atoms with van der Waals surface area (Å²) in [5.41, 5.74) is 3.65. The van der Waals surface area contributed by atoms with Gasteiger partial charge in [0.2, 0.25) is 0 Å². The maximum absolute atomic E-state index is 9.08. The molecule has 10 nitrogen and oxygen atoms in total. The Morgan fingerprint density at radius 3 is 2.73 bits per heavy atom. The minimum absolute atomic E-state index is 0.203. The van der Waals surface area contributed by atoms with Crippen LogP contribution < -0.4 is 5.32 Å². The number of nitrogens with zero attached hydrogens (tertiary/aromatic N) is 9. The minimum Gasteiger partial charge on any atom is -0.381 e. The van der Waals surface area contributed by atoms with E-state index in [-0.39, 0.29) is 6.04 Å². The molecule has 0 saturated carbocycles. The van der Waals surface area contributed by atoms with Crippen molar-refractivity contribution in [3.8, 4) is 17.6 Å². The van der Waals surface area contributed by atoms with Gasteiger partial charge in [0.25, 0.3) is 0 Å². The number of pyridine rings is 2. The van der Waals surface area contributed by atoms with E-state index in [1.807, 2.05) is 31.3 Å². The van der Waals surface area contributed by atoms with Crippen molar-refractivity contribution < 1.29 is 0 Å². The van der Waals surface area contributed by atoms with Crippen LogP contribution in [0.5, 0.6) is 0 Å². The van der Waals surface area contributed by atoms with Gasteiger partial charge in [0, 0.05) is 30.2 Å². The SMILES string of the molecule is CC(C)Nc1cc(-n2ncc3cc(C#N)cnc32)ncc1-n1cc(CN(C)C)nn1. The highest BCUT2D eigenvalue weighted by molar-refractivity contribution is 5.77. The molecule has 4 heterocycles. The Hall–Kier alpha value is -3.84. The first-order valence-corrected chi connectivity index (χ1v) is 9.52. The second-order valence-electron chi connectivity index (χ2n) is 7.56. The molecule has 1 N–H and O–H groups in total.